The summed E-state index contributed by atoms with van der Waals surface area (Å²) in [6, 6.07) is 9.11. The molecule has 1 aromatic carbocycles. The number of amides is 1. The van der Waals surface area contributed by atoms with Crippen LogP contribution >= 0.6 is 0 Å². The second-order valence-electron chi connectivity index (χ2n) is 8.69. The summed E-state index contributed by atoms with van der Waals surface area (Å²) >= 11 is 0. The van der Waals surface area contributed by atoms with E-state index in [9.17, 15) is 4.79 Å². The third-order valence-electron chi connectivity index (χ3n) is 6.60. The number of benzene rings is 1. The van der Waals surface area contributed by atoms with Crippen LogP contribution in [0.4, 0.5) is 0 Å². The third kappa shape index (κ3) is 3.90. The summed E-state index contributed by atoms with van der Waals surface area (Å²) in [5.74, 6) is 0.851. The van der Waals surface area contributed by atoms with Crippen molar-refractivity contribution < 1.29 is 9.53 Å². The quantitative estimate of drug-likeness (QED) is 0.818. The van der Waals surface area contributed by atoms with Gasteiger partial charge in [0.25, 0.3) is 5.91 Å². The predicted molar refractivity (Wildman–Crippen MR) is 111 cm³/mol. The molecule has 1 amide bonds. The maximum atomic E-state index is 12.9. The highest BCUT2D eigenvalue weighted by molar-refractivity contribution is 5.94. The van der Waals surface area contributed by atoms with Gasteiger partial charge in [0.15, 0.2) is 5.69 Å². The molecular weight excluding hydrogens is 364 g/mol. The number of methoxy groups -OCH3 is 1. The van der Waals surface area contributed by atoms with E-state index in [0.717, 1.165) is 49.2 Å². The van der Waals surface area contributed by atoms with E-state index in [0.29, 0.717) is 24.3 Å². The van der Waals surface area contributed by atoms with E-state index in [-0.39, 0.29) is 5.91 Å². The van der Waals surface area contributed by atoms with Crippen molar-refractivity contribution in [2.45, 2.75) is 70.1 Å². The fourth-order valence-electron chi connectivity index (χ4n) is 4.83. The molecule has 5 rings (SSSR count). The number of carbonyl (C=O) groups is 1. The highest BCUT2D eigenvalue weighted by atomic mass is 16.5. The van der Waals surface area contributed by atoms with E-state index in [1.165, 1.54) is 31.4 Å². The average molecular weight is 395 g/mol. The normalized spacial score (nSPS) is 19.9. The molecule has 2 fully saturated rings. The number of carbonyl (C=O) groups excluding carboxylic acids is 1. The maximum Gasteiger partial charge on any atom is 0.272 e. The molecule has 0 unspecified atom stereocenters. The molecule has 6 heteroatoms. The lowest BCUT2D eigenvalue weighted by molar-refractivity contribution is 0.0941. The van der Waals surface area contributed by atoms with Crippen molar-refractivity contribution in [3.8, 4) is 5.75 Å². The standard InChI is InChI=1S/C23H30N4O2/c1-29-19-8-4-5-16(13-19)14-27-21-11-12-26(18-6-2-3-7-18)15-20(21)22(25-27)23(28)24-17-9-10-17/h4-5,8,13,17-18H,2-3,6-7,9-12,14-15H2,1H3,(H,24,28). The summed E-state index contributed by atoms with van der Waals surface area (Å²) in [4.78, 5) is 15.5. The number of hydrogen-bond donors (Lipinski definition) is 1. The molecule has 2 heterocycles. The minimum absolute atomic E-state index is 0.00131. The fraction of sp³-hybridized carbons (Fsp3) is 0.565. The van der Waals surface area contributed by atoms with Crippen LogP contribution in [0.25, 0.3) is 0 Å². The summed E-state index contributed by atoms with van der Waals surface area (Å²) < 4.78 is 7.42. The summed E-state index contributed by atoms with van der Waals surface area (Å²) in [7, 11) is 1.69. The van der Waals surface area contributed by atoms with Gasteiger partial charge in [-0.1, -0.05) is 25.0 Å². The maximum absolute atomic E-state index is 12.9. The van der Waals surface area contributed by atoms with Crippen molar-refractivity contribution >= 4 is 5.91 Å². The van der Waals surface area contributed by atoms with Crippen LogP contribution in [0.1, 0.15) is 65.8 Å². The number of fused-ring (bicyclic) bond motifs is 1. The van der Waals surface area contributed by atoms with Gasteiger partial charge < -0.3 is 10.1 Å². The Morgan fingerprint density at radius 3 is 2.83 bits per heavy atom. The molecule has 1 aromatic heterocycles. The number of ether oxygens (including phenoxy) is 1. The van der Waals surface area contributed by atoms with Crippen LogP contribution in [-0.4, -0.2) is 46.3 Å². The van der Waals surface area contributed by atoms with Gasteiger partial charge in [-0.15, -0.1) is 0 Å². The van der Waals surface area contributed by atoms with Gasteiger partial charge in [0.2, 0.25) is 0 Å². The van der Waals surface area contributed by atoms with Gasteiger partial charge in [-0.3, -0.25) is 14.4 Å². The lowest BCUT2D eigenvalue weighted by Gasteiger charge is -2.32. The predicted octanol–water partition coefficient (Wildman–Crippen LogP) is 3.13. The van der Waals surface area contributed by atoms with Gasteiger partial charge in [0.1, 0.15) is 5.75 Å². The molecule has 1 aliphatic heterocycles. The monoisotopic (exact) mass is 394 g/mol. The first-order chi connectivity index (χ1) is 14.2. The van der Waals surface area contributed by atoms with Crippen molar-refractivity contribution in [3.05, 3.63) is 46.8 Å². The zero-order valence-corrected chi connectivity index (χ0v) is 17.2. The van der Waals surface area contributed by atoms with Gasteiger partial charge in [0.05, 0.1) is 13.7 Å². The molecule has 154 valence electrons. The number of aromatic nitrogens is 2. The van der Waals surface area contributed by atoms with Crippen molar-refractivity contribution in [2.24, 2.45) is 0 Å². The first-order valence-electron chi connectivity index (χ1n) is 11.0. The Morgan fingerprint density at radius 1 is 1.24 bits per heavy atom. The average Bonchev–Trinajstić information content (AvgIpc) is 3.26. The molecule has 0 atom stereocenters. The molecule has 0 spiro atoms. The van der Waals surface area contributed by atoms with E-state index in [1.807, 2.05) is 18.2 Å². The molecule has 3 aliphatic rings. The fourth-order valence-corrected chi connectivity index (χ4v) is 4.83. The summed E-state index contributed by atoms with van der Waals surface area (Å²) in [6.07, 6.45) is 8.38. The molecule has 0 radical (unpaired) electrons. The van der Waals surface area contributed by atoms with Gasteiger partial charge in [-0.2, -0.15) is 5.10 Å². The summed E-state index contributed by atoms with van der Waals surface area (Å²) in [6.45, 7) is 2.58. The second-order valence-corrected chi connectivity index (χ2v) is 8.69. The third-order valence-corrected chi connectivity index (χ3v) is 6.60. The zero-order valence-electron chi connectivity index (χ0n) is 17.2. The van der Waals surface area contributed by atoms with Crippen LogP contribution in [0, 0.1) is 0 Å². The first-order valence-corrected chi connectivity index (χ1v) is 11.0. The van der Waals surface area contributed by atoms with Gasteiger partial charge in [-0.05, 0) is 43.4 Å². The zero-order chi connectivity index (χ0) is 19.8. The molecule has 0 bridgehead atoms. The van der Waals surface area contributed by atoms with Crippen molar-refractivity contribution in [2.75, 3.05) is 13.7 Å². The van der Waals surface area contributed by atoms with Gasteiger partial charge in [-0.25, -0.2) is 0 Å². The molecule has 2 saturated carbocycles. The minimum Gasteiger partial charge on any atom is -0.497 e. The first kappa shape index (κ1) is 18.7. The molecule has 2 aromatic rings. The van der Waals surface area contributed by atoms with Crippen LogP contribution in [0.2, 0.25) is 0 Å². The molecule has 2 aliphatic carbocycles. The summed E-state index contributed by atoms with van der Waals surface area (Å²) in [5, 5.41) is 7.97. The number of hydrogen-bond acceptors (Lipinski definition) is 4. The van der Waals surface area contributed by atoms with Crippen molar-refractivity contribution in [1.82, 2.24) is 20.0 Å². The Hall–Kier alpha value is -2.34. The topological polar surface area (TPSA) is 59.4 Å². The Balaban J connectivity index is 1.44. The highest BCUT2D eigenvalue weighted by Gasteiger charge is 2.33. The lowest BCUT2D eigenvalue weighted by atomic mass is 10.0. The van der Waals surface area contributed by atoms with Crippen LogP contribution in [0.15, 0.2) is 24.3 Å². The van der Waals surface area contributed by atoms with E-state index in [4.69, 9.17) is 9.84 Å². The van der Waals surface area contributed by atoms with Crippen LogP contribution in [0.5, 0.6) is 5.75 Å². The van der Waals surface area contributed by atoms with Crippen molar-refractivity contribution in [1.29, 1.82) is 0 Å². The lowest BCUT2D eigenvalue weighted by Crippen LogP contribution is -2.39. The van der Waals surface area contributed by atoms with E-state index >= 15 is 0 Å². The molecular formula is C23H30N4O2. The van der Waals surface area contributed by atoms with Crippen molar-refractivity contribution in [3.63, 3.8) is 0 Å². The SMILES string of the molecule is COc1cccc(Cn2nc(C(=O)NC3CC3)c3c2CCN(C2CCCC2)C3)c1. The Kier molecular flexibility index (Phi) is 5.04. The van der Waals surface area contributed by atoms with E-state index in [1.54, 1.807) is 7.11 Å². The van der Waals surface area contributed by atoms with Crippen LogP contribution < -0.4 is 10.1 Å². The molecule has 29 heavy (non-hydrogen) atoms. The molecule has 0 saturated heterocycles. The van der Waals surface area contributed by atoms with Gasteiger partial charge >= 0.3 is 0 Å². The number of nitrogens with zero attached hydrogens (tertiary/aromatic N) is 3. The van der Waals surface area contributed by atoms with Crippen LogP contribution in [-0.2, 0) is 19.5 Å². The largest absolute Gasteiger partial charge is 0.497 e. The van der Waals surface area contributed by atoms with Crippen LogP contribution in [0.3, 0.4) is 0 Å². The Labute approximate surface area is 172 Å². The Morgan fingerprint density at radius 2 is 2.07 bits per heavy atom. The minimum atomic E-state index is 0.00131. The number of nitrogens with one attached hydrogen (secondary N) is 1. The molecule has 6 nitrogen and oxygen atoms in total. The number of rotatable bonds is 6. The highest BCUT2D eigenvalue weighted by Crippen LogP contribution is 2.31. The molecule has 1 N–H and O–H groups in total. The summed E-state index contributed by atoms with van der Waals surface area (Å²) in [5.41, 5.74) is 4.15. The Bertz CT molecular complexity index is 896. The van der Waals surface area contributed by atoms with Gasteiger partial charge in [0, 0.05) is 42.9 Å². The second kappa shape index (κ2) is 7.82. The van der Waals surface area contributed by atoms with E-state index < -0.39 is 0 Å². The van der Waals surface area contributed by atoms with E-state index in [2.05, 4.69) is 21.0 Å². The smallest absolute Gasteiger partial charge is 0.272 e.